The third-order valence-corrected chi connectivity index (χ3v) is 4.30. The van der Waals surface area contributed by atoms with E-state index in [0.717, 1.165) is 18.9 Å². The molecule has 0 saturated carbocycles. The van der Waals surface area contributed by atoms with Crippen LogP contribution in [0.2, 0.25) is 0 Å². The van der Waals surface area contributed by atoms with E-state index >= 15 is 0 Å². The van der Waals surface area contributed by atoms with Gasteiger partial charge in [-0.3, -0.25) is 20.2 Å². The van der Waals surface area contributed by atoms with Crippen LogP contribution < -0.4 is 16.0 Å². The molecule has 1 aromatic rings. The summed E-state index contributed by atoms with van der Waals surface area (Å²) in [4.78, 5) is 47.3. The van der Waals surface area contributed by atoms with Gasteiger partial charge in [0.2, 0.25) is 0 Å². The molecule has 0 radical (unpaired) electrons. The van der Waals surface area contributed by atoms with Crippen molar-refractivity contribution in [3.05, 3.63) is 33.9 Å². The van der Waals surface area contributed by atoms with E-state index in [1.54, 1.807) is 5.32 Å². The second-order valence-corrected chi connectivity index (χ2v) is 6.56. The predicted octanol–water partition coefficient (Wildman–Crippen LogP) is 1.57. The van der Waals surface area contributed by atoms with Crippen molar-refractivity contribution >= 4 is 29.3 Å². The monoisotopic (exact) mass is 378 g/mol. The lowest BCUT2D eigenvalue weighted by molar-refractivity contribution is -0.384. The maximum Gasteiger partial charge on any atom is 0.339 e. The van der Waals surface area contributed by atoms with Crippen LogP contribution in [0.15, 0.2) is 18.2 Å². The van der Waals surface area contributed by atoms with Crippen LogP contribution in [0.3, 0.4) is 0 Å². The number of ether oxygens (including phenoxy) is 1. The number of nitro groups is 1. The zero-order valence-electron chi connectivity index (χ0n) is 15.1. The fourth-order valence-corrected chi connectivity index (χ4v) is 2.98. The number of benzene rings is 1. The zero-order valence-corrected chi connectivity index (χ0v) is 15.1. The number of nitro benzene ring substituents is 1. The molecule has 1 heterocycles. The van der Waals surface area contributed by atoms with E-state index in [-0.39, 0.29) is 11.3 Å². The average Bonchev–Trinajstić information content (AvgIpc) is 2.60. The molecule has 146 valence electrons. The van der Waals surface area contributed by atoms with Crippen LogP contribution in [0.1, 0.15) is 37.0 Å². The van der Waals surface area contributed by atoms with Gasteiger partial charge in [-0.25, -0.2) is 9.59 Å². The number of hydrogen-bond donors (Lipinski definition) is 2. The minimum Gasteiger partial charge on any atom is -0.449 e. The summed E-state index contributed by atoms with van der Waals surface area (Å²) in [5, 5.41) is 13.3. The second-order valence-electron chi connectivity index (χ2n) is 6.56. The fraction of sp³-hybridized carbons (Fsp3) is 0.471. The van der Waals surface area contributed by atoms with Gasteiger partial charge in [-0.05, 0) is 37.8 Å². The molecule has 27 heavy (non-hydrogen) atoms. The highest BCUT2D eigenvalue weighted by Gasteiger charge is 2.26. The van der Waals surface area contributed by atoms with E-state index in [1.807, 2.05) is 4.90 Å². The zero-order chi connectivity index (χ0) is 20.1. The van der Waals surface area contributed by atoms with Gasteiger partial charge in [-0.1, -0.05) is 6.92 Å². The second kappa shape index (κ2) is 8.47. The molecule has 2 unspecified atom stereocenters. The molecule has 10 nitrogen and oxygen atoms in total. The standard InChI is InChI=1S/C17H22N4O6/c1-10-4-3-7-20(9-10)13-6-5-12(8-14(13)21(25)26)16(23)27-11(2)15(22)19-17(18)24/h5-6,8,10-11H,3-4,7,9H2,1-2H3,(H3,18,19,22,24). The first-order chi connectivity index (χ1) is 12.7. The first-order valence-corrected chi connectivity index (χ1v) is 8.53. The topological polar surface area (TPSA) is 145 Å². The number of esters is 1. The Balaban J connectivity index is 2.19. The van der Waals surface area contributed by atoms with Gasteiger partial charge >= 0.3 is 12.0 Å². The van der Waals surface area contributed by atoms with Crippen LogP contribution >= 0.6 is 0 Å². The number of anilines is 1. The number of nitrogens with one attached hydrogen (secondary N) is 1. The number of piperidine rings is 1. The number of urea groups is 1. The molecule has 0 aromatic heterocycles. The van der Waals surface area contributed by atoms with Crippen molar-refractivity contribution < 1.29 is 24.0 Å². The van der Waals surface area contributed by atoms with Crippen molar-refractivity contribution in [3.63, 3.8) is 0 Å². The van der Waals surface area contributed by atoms with Crippen LogP contribution in [0.5, 0.6) is 0 Å². The van der Waals surface area contributed by atoms with Gasteiger partial charge in [0.05, 0.1) is 10.5 Å². The van der Waals surface area contributed by atoms with Gasteiger partial charge in [0.25, 0.3) is 11.6 Å². The van der Waals surface area contributed by atoms with E-state index in [2.05, 4.69) is 6.92 Å². The Labute approximate surface area is 155 Å². The summed E-state index contributed by atoms with van der Waals surface area (Å²) in [6, 6.07) is 3.00. The average molecular weight is 378 g/mol. The number of amides is 3. The summed E-state index contributed by atoms with van der Waals surface area (Å²) in [5.41, 5.74) is 5.02. The Kier molecular flexibility index (Phi) is 6.32. The summed E-state index contributed by atoms with van der Waals surface area (Å²) in [6.07, 6.45) is 0.723. The van der Waals surface area contributed by atoms with E-state index < -0.39 is 28.9 Å². The summed E-state index contributed by atoms with van der Waals surface area (Å²) in [7, 11) is 0. The van der Waals surface area contributed by atoms with Gasteiger partial charge in [0.15, 0.2) is 6.10 Å². The fourth-order valence-electron chi connectivity index (χ4n) is 2.98. The van der Waals surface area contributed by atoms with Crippen molar-refractivity contribution in [3.8, 4) is 0 Å². The van der Waals surface area contributed by atoms with E-state index in [4.69, 9.17) is 10.5 Å². The lowest BCUT2D eigenvalue weighted by Gasteiger charge is -2.32. The first-order valence-electron chi connectivity index (χ1n) is 8.53. The number of carbonyl (C=O) groups is 3. The Bertz CT molecular complexity index is 766. The summed E-state index contributed by atoms with van der Waals surface area (Å²) in [5.74, 6) is -1.37. The lowest BCUT2D eigenvalue weighted by atomic mass is 9.99. The third kappa shape index (κ3) is 5.16. The van der Waals surface area contributed by atoms with Crippen molar-refractivity contribution in [1.29, 1.82) is 0 Å². The Morgan fingerprint density at radius 2 is 2.11 bits per heavy atom. The van der Waals surface area contributed by atoms with Gasteiger partial charge in [-0.2, -0.15) is 0 Å². The number of nitrogens with two attached hydrogens (primary N) is 1. The highest BCUT2D eigenvalue weighted by molar-refractivity contribution is 5.98. The summed E-state index contributed by atoms with van der Waals surface area (Å²) < 4.78 is 4.94. The first kappa shape index (κ1) is 20.1. The van der Waals surface area contributed by atoms with Gasteiger partial charge < -0.3 is 15.4 Å². The molecule has 3 amide bonds. The smallest absolute Gasteiger partial charge is 0.339 e. The molecule has 1 aliphatic rings. The normalized spacial score (nSPS) is 17.7. The Morgan fingerprint density at radius 1 is 1.41 bits per heavy atom. The molecule has 0 aliphatic carbocycles. The molecule has 0 spiro atoms. The number of rotatable bonds is 5. The predicted molar refractivity (Wildman–Crippen MR) is 96.3 cm³/mol. The number of carbonyl (C=O) groups excluding carboxylic acids is 3. The van der Waals surface area contributed by atoms with E-state index in [0.29, 0.717) is 24.7 Å². The maximum atomic E-state index is 12.2. The maximum absolute atomic E-state index is 12.2. The molecule has 3 N–H and O–H groups in total. The van der Waals surface area contributed by atoms with Crippen LogP contribution in [-0.2, 0) is 9.53 Å². The van der Waals surface area contributed by atoms with E-state index in [1.165, 1.54) is 19.1 Å². The Hall–Kier alpha value is -3.17. The Morgan fingerprint density at radius 3 is 2.70 bits per heavy atom. The lowest BCUT2D eigenvalue weighted by Crippen LogP contribution is -2.42. The molecule has 2 atom stereocenters. The highest BCUT2D eigenvalue weighted by Crippen LogP contribution is 2.32. The molecule has 1 aliphatic heterocycles. The van der Waals surface area contributed by atoms with Crippen LogP contribution in [0.4, 0.5) is 16.2 Å². The van der Waals surface area contributed by atoms with Crippen molar-refractivity contribution in [2.75, 3.05) is 18.0 Å². The van der Waals surface area contributed by atoms with Gasteiger partial charge in [0.1, 0.15) is 5.69 Å². The minimum absolute atomic E-state index is 0.0609. The largest absolute Gasteiger partial charge is 0.449 e. The van der Waals surface area contributed by atoms with Crippen LogP contribution in [-0.4, -0.2) is 42.0 Å². The van der Waals surface area contributed by atoms with Crippen LogP contribution in [0.25, 0.3) is 0 Å². The summed E-state index contributed by atoms with van der Waals surface area (Å²) >= 11 is 0. The molecule has 0 bridgehead atoms. The van der Waals surface area contributed by atoms with Crippen molar-refractivity contribution in [1.82, 2.24) is 5.32 Å². The molecule has 10 heteroatoms. The molecular weight excluding hydrogens is 356 g/mol. The quantitative estimate of drug-likeness (QED) is 0.449. The number of imide groups is 1. The van der Waals surface area contributed by atoms with Crippen LogP contribution in [0, 0.1) is 16.0 Å². The minimum atomic E-state index is -1.29. The number of primary amides is 1. The van der Waals surface area contributed by atoms with E-state index in [9.17, 15) is 24.5 Å². The third-order valence-electron chi connectivity index (χ3n) is 4.30. The molecule has 1 fully saturated rings. The number of nitrogens with zero attached hydrogens (tertiary/aromatic N) is 2. The summed E-state index contributed by atoms with van der Waals surface area (Å²) in [6.45, 7) is 4.75. The molecule has 1 saturated heterocycles. The number of hydrogen-bond acceptors (Lipinski definition) is 7. The molecular formula is C17H22N4O6. The van der Waals surface area contributed by atoms with Gasteiger partial charge in [-0.15, -0.1) is 0 Å². The van der Waals surface area contributed by atoms with Crippen molar-refractivity contribution in [2.45, 2.75) is 32.8 Å². The molecule has 2 rings (SSSR count). The SMILES string of the molecule is CC1CCCN(c2ccc(C(=O)OC(C)C(=O)NC(N)=O)cc2[N+](=O)[O-])C1. The molecule has 1 aromatic carbocycles. The van der Waals surface area contributed by atoms with Gasteiger partial charge in [0, 0.05) is 19.2 Å². The highest BCUT2D eigenvalue weighted by atomic mass is 16.6. The van der Waals surface area contributed by atoms with Crippen molar-refractivity contribution in [2.24, 2.45) is 11.7 Å².